The van der Waals surface area contributed by atoms with E-state index in [0.29, 0.717) is 6.04 Å². The van der Waals surface area contributed by atoms with Crippen molar-refractivity contribution in [1.82, 2.24) is 5.32 Å². The second-order valence-corrected chi connectivity index (χ2v) is 7.80. The summed E-state index contributed by atoms with van der Waals surface area (Å²) in [6.07, 6.45) is 6.61. The summed E-state index contributed by atoms with van der Waals surface area (Å²) in [5.41, 5.74) is 4.37. The molecule has 1 aromatic carbocycles. The van der Waals surface area contributed by atoms with E-state index in [1.165, 1.54) is 60.3 Å². The van der Waals surface area contributed by atoms with E-state index in [1.807, 2.05) is 0 Å². The Kier molecular flexibility index (Phi) is 7.12. The van der Waals surface area contributed by atoms with E-state index in [0.717, 1.165) is 12.5 Å². The Bertz CT molecular complexity index is 424. The minimum atomic E-state index is 0.651. The van der Waals surface area contributed by atoms with E-state index in [1.54, 1.807) is 0 Å². The average Bonchev–Trinajstić information content (AvgIpc) is 2.49. The fourth-order valence-electron chi connectivity index (χ4n) is 3.26. The van der Waals surface area contributed by atoms with Crippen molar-refractivity contribution < 1.29 is 0 Å². The molecule has 0 aliphatic carbocycles. The summed E-state index contributed by atoms with van der Waals surface area (Å²) in [6, 6.07) is 7.54. The molecule has 118 valence electrons. The number of rotatable bonds is 7. The second kappa shape index (κ2) is 8.85. The average molecular weight is 306 g/mol. The monoisotopic (exact) mass is 305 g/mol. The number of hydrogen-bond donors (Lipinski definition) is 1. The van der Waals surface area contributed by atoms with Crippen LogP contribution in [0.15, 0.2) is 18.2 Å². The van der Waals surface area contributed by atoms with Crippen molar-refractivity contribution >= 4 is 11.8 Å². The summed E-state index contributed by atoms with van der Waals surface area (Å²) < 4.78 is 0. The fourth-order valence-corrected chi connectivity index (χ4v) is 4.46. The normalized spacial score (nSPS) is 17.9. The summed E-state index contributed by atoms with van der Waals surface area (Å²) >= 11 is 2.13. The third-order valence-corrected chi connectivity index (χ3v) is 5.66. The Morgan fingerprint density at radius 3 is 2.71 bits per heavy atom. The van der Waals surface area contributed by atoms with Gasteiger partial charge in [0, 0.05) is 6.04 Å². The first-order valence-electron chi connectivity index (χ1n) is 8.56. The van der Waals surface area contributed by atoms with Crippen LogP contribution in [0.4, 0.5) is 0 Å². The molecule has 0 radical (unpaired) electrons. The second-order valence-electron chi connectivity index (χ2n) is 6.58. The maximum Gasteiger partial charge on any atom is 0.0110 e. The Labute approximate surface area is 135 Å². The van der Waals surface area contributed by atoms with Crippen molar-refractivity contribution in [2.24, 2.45) is 5.92 Å². The Balaban J connectivity index is 1.98. The molecule has 1 atom stereocenters. The Morgan fingerprint density at radius 2 is 2.00 bits per heavy atom. The van der Waals surface area contributed by atoms with Crippen LogP contribution in [-0.4, -0.2) is 24.1 Å². The molecule has 0 bridgehead atoms. The van der Waals surface area contributed by atoms with Crippen LogP contribution in [0.1, 0.15) is 49.3 Å². The number of benzene rings is 1. The molecule has 1 fully saturated rings. The van der Waals surface area contributed by atoms with Gasteiger partial charge >= 0.3 is 0 Å². The summed E-state index contributed by atoms with van der Waals surface area (Å²) in [5.74, 6) is 3.68. The molecule has 1 aromatic rings. The summed E-state index contributed by atoms with van der Waals surface area (Å²) in [5, 5.41) is 3.81. The third-order valence-electron chi connectivity index (χ3n) is 4.61. The molecule has 0 aromatic heterocycles. The molecule has 1 aliphatic heterocycles. The quantitative estimate of drug-likeness (QED) is 0.780. The zero-order valence-corrected chi connectivity index (χ0v) is 14.8. The van der Waals surface area contributed by atoms with Crippen LogP contribution in [-0.2, 0) is 6.42 Å². The molecule has 1 unspecified atom stereocenters. The van der Waals surface area contributed by atoms with E-state index in [-0.39, 0.29) is 0 Å². The first-order chi connectivity index (χ1) is 10.2. The molecule has 0 amide bonds. The zero-order valence-electron chi connectivity index (χ0n) is 14.0. The number of aryl methyl sites for hydroxylation is 2. The molecular weight excluding hydrogens is 274 g/mol. The molecule has 0 spiro atoms. The maximum atomic E-state index is 3.81. The van der Waals surface area contributed by atoms with Crippen molar-refractivity contribution in [2.45, 2.75) is 58.9 Å². The van der Waals surface area contributed by atoms with Gasteiger partial charge in [-0.1, -0.05) is 30.7 Å². The Hall–Kier alpha value is -0.470. The van der Waals surface area contributed by atoms with Crippen molar-refractivity contribution in [1.29, 1.82) is 0 Å². The van der Waals surface area contributed by atoms with Crippen LogP contribution in [0, 0.1) is 19.8 Å². The van der Waals surface area contributed by atoms with Gasteiger partial charge in [-0.15, -0.1) is 0 Å². The predicted octanol–water partition coefficient (Wildman–Crippen LogP) is 4.75. The third kappa shape index (κ3) is 5.67. The van der Waals surface area contributed by atoms with Crippen LogP contribution in [0.3, 0.4) is 0 Å². The maximum absolute atomic E-state index is 3.81. The van der Waals surface area contributed by atoms with E-state index in [4.69, 9.17) is 0 Å². The lowest BCUT2D eigenvalue weighted by molar-refractivity contribution is 0.362. The van der Waals surface area contributed by atoms with Gasteiger partial charge in [0.1, 0.15) is 0 Å². The van der Waals surface area contributed by atoms with Crippen LogP contribution >= 0.6 is 11.8 Å². The van der Waals surface area contributed by atoms with Crippen molar-refractivity contribution in [3.63, 3.8) is 0 Å². The van der Waals surface area contributed by atoms with Crippen molar-refractivity contribution in [3.8, 4) is 0 Å². The molecule has 2 heteroatoms. The van der Waals surface area contributed by atoms with Gasteiger partial charge in [-0.25, -0.2) is 0 Å². The van der Waals surface area contributed by atoms with Gasteiger partial charge in [-0.2, -0.15) is 11.8 Å². The smallest absolute Gasteiger partial charge is 0.0110 e. The first-order valence-corrected chi connectivity index (χ1v) is 9.71. The lowest BCUT2D eigenvalue weighted by Crippen LogP contribution is -2.34. The van der Waals surface area contributed by atoms with Crippen LogP contribution in [0.5, 0.6) is 0 Å². The van der Waals surface area contributed by atoms with Gasteiger partial charge < -0.3 is 5.32 Å². The largest absolute Gasteiger partial charge is 0.314 e. The molecular formula is C19H31NS. The minimum absolute atomic E-state index is 0.651. The molecule has 1 heterocycles. The molecule has 1 N–H and O–H groups in total. The first kappa shape index (κ1) is 16.9. The van der Waals surface area contributed by atoms with Gasteiger partial charge in [0.25, 0.3) is 0 Å². The van der Waals surface area contributed by atoms with Crippen molar-refractivity contribution in [2.75, 3.05) is 18.1 Å². The van der Waals surface area contributed by atoms with Crippen LogP contribution in [0.25, 0.3) is 0 Å². The SMILES string of the molecule is CCCNC(Cc1cc(C)ccc1C)CC1CCSCC1. The topological polar surface area (TPSA) is 12.0 Å². The standard InChI is InChI=1S/C19H31NS/c1-4-9-20-19(13-17-7-10-21-11-8-17)14-18-12-15(2)5-6-16(18)3/h5-6,12,17,19-20H,4,7-11,13-14H2,1-3H3. The highest BCUT2D eigenvalue weighted by atomic mass is 32.2. The molecule has 21 heavy (non-hydrogen) atoms. The number of hydrogen-bond acceptors (Lipinski definition) is 2. The van der Waals surface area contributed by atoms with Gasteiger partial charge in [0.05, 0.1) is 0 Å². The molecule has 1 aliphatic rings. The lowest BCUT2D eigenvalue weighted by atomic mass is 9.89. The number of thioether (sulfide) groups is 1. The minimum Gasteiger partial charge on any atom is -0.314 e. The van der Waals surface area contributed by atoms with Gasteiger partial charge in [0.2, 0.25) is 0 Å². The van der Waals surface area contributed by atoms with Crippen LogP contribution < -0.4 is 5.32 Å². The summed E-state index contributed by atoms with van der Waals surface area (Å²) in [4.78, 5) is 0. The van der Waals surface area contributed by atoms with E-state index < -0.39 is 0 Å². The van der Waals surface area contributed by atoms with E-state index >= 15 is 0 Å². The lowest BCUT2D eigenvalue weighted by Gasteiger charge is -2.27. The molecule has 1 saturated heterocycles. The van der Waals surface area contributed by atoms with Gasteiger partial charge in [0.15, 0.2) is 0 Å². The predicted molar refractivity (Wildman–Crippen MR) is 96.4 cm³/mol. The highest BCUT2D eigenvalue weighted by Crippen LogP contribution is 2.27. The van der Waals surface area contributed by atoms with Gasteiger partial charge in [-0.05, 0) is 81.0 Å². The van der Waals surface area contributed by atoms with E-state index in [2.05, 4.69) is 56.0 Å². The van der Waals surface area contributed by atoms with E-state index in [9.17, 15) is 0 Å². The zero-order chi connectivity index (χ0) is 15.1. The summed E-state index contributed by atoms with van der Waals surface area (Å²) in [7, 11) is 0. The molecule has 2 rings (SSSR count). The molecule has 1 nitrogen and oxygen atoms in total. The highest BCUT2D eigenvalue weighted by Gasteiger charge is 2.19. The summed E-state index contributed by atoms with van der Waals surface area (Å²) in [6.45, 7) is 7.87. The van der Waals surface area contributed by atoms with Crippen LogP contribution in [0.2, 0.25) is 0 Å². The number of nitrogens with one attached hydrogen (secondary N) is 1. The molecule has 0 saturated carbocycles. The van der Waals surface area contributed by atoms with Crippen molar-refractivity contribution in [3.05, 3.63) is 34.9 Å². The Morgan fingerprint density at radius 1 is 1.24 bits per heavy atom. The fraction of sp³-hybridized carbons (Fsp3) is 0.684. The van der Waals surface area contributed by atoms with Gasteiger partial charge in [-0.3, -0.25) is 0 Å². The highest BCUT2D eigenvalue weighted by molar-refractivity contribution is 7.99.